The van der Waals surface area contributed by atoms with Crippen molar-refractivity contribution >= 4 is 17.9 Å². The summed E-state index contributed by atoms with van der Waals surface area (Å²) in [6, 6.07) is 0. The predicted octanol–water partition coefficient (Wildman–Crippen LogP) is 20.9. The molecule has 0 fully saturated rings. The summed E-state index contributed by atoms with van der Waals surface area (Å²) in [7, 11) is 0. The summed E-state index contributed by atoms with van der Waals surface area (Å²) in [6.45, 7) is 6.50. The van der Waals surface area contributed by atoms with Crippen molar-refractivity contribution in [3.05, 3.63) is 72.9 Å². The number of carbonyl (C=O) groups is 3. The second kappa shape index (κ2) is 60.4. The number of carbonyl (C=O) groups excluding carboxylic acids is 3. The number of allylic oxidation sites excluding steroid dienone is 12. The van der Waals surface area contributed by atoms with Crippen LogP contribution in [-0.4, -0.2) is 37.2 Å². The first kappa shape index (κ1) is 68.8. The van der Waals surface area contributed by atoms with E-state index in [0.717, 1.165) is 103 Å². The third kappa shape index (κ3) is 57.7. The van der Waals surface area contributed by atoms with Crippen LogP contribution in [0, 0.1) is 0 Å². The molecule has 0 saturated heterocycles. The van der Waals surface area contributed by atoms with Crippen LogP contribution in [0.5, 0.6) is 0 Å². The van der Waals surface area contributed by atoms with Crippen LogP contribution in [0.15, 0.2) is 72.9 Å². The molecule has 1 unspecified atom stereocenters. The van der Waals surface area contributed by atoms with E-state index in [4.69, 9.17) is 14.2 Å². The SMILES string of the molecule is CC/C=C\C/C=C\C/C=C\C/C=C\C/C=C\C/C=C\CCCCCCCCCCC(=O)OCC(COC(=O)CCCCCCCC)OC(=O)CCCCCCCCCCCCCCCCCCCCCCC. The molecule has 6 heteroatoms. The van der Waals surface area contributed by atoms with Gasteiger partial charge in [-0.25, -0.2) is 0 Å². The van der Waals surface area contributed by atoms with E-state index in [0.29, 0.717) is 19.3 Å². The van der Waals surface area contributed by atoms with Crippen LogP contribution in [0.2, 0.25) is 0 Å². The van der Waals surface area contributed by atoms with E-state index in [-0.39, 0.29) is 31.1 Å². The summed E-state index contributed by atoms with van der Waals surface area (Å²) >= 11 is 0. The lowest BCUT2D eigenvalue weighted by molar-refractivity contribution is -0.167. The molecular formula is C66H116O6. The maximum Gasteiger partial charge on any atom is 0.306 e. The van der Waals surface area contributed by atoms with Gasteiger partial charge in [0, 0.05) is 19.3 Å². The van der Waals surface area contributed by atoms with Gasteiger partial charge in [0.2, 0.25) is 0 Å². The first-order chi connectivity index (χ1) is 35.5. The van der Waals surface area contributed by atoms with Gasteiger partial charge in [0.15, 0.2) is 6.10 Å². The van der Waals surface area contributed by atoms with Crippen LogP contribution in [0.1, 0.15) is 310 Å². The zero-order valence-electron chi connectivity index (χ0n) is 47.7. The van der Waals surface area contributed by atoms with E-state index >= 15 is 0 Å². The molecule has 0 bridgehead atoms. The molecule has 0 heterocycles. The van der Waals surface area contributed by atoms with E-state index in [1.165, 1.54) is 167 Å². The van der Waals surface area contributed by atoms with Crippen LogP contribution in [0.25, 0.3) is 0 Å². The zero-order chi connectivity index (χ0) is 52.2. The molecule has 0 aliphatic carbocycles. The molecule has 0 aliphatic heterocycles. The summed E-state index contributed by atoms with van der Waals surface area (Å²) in [6.07, 6.45) is 77.9. The first-order valence-corrected chi connectivity index (χ1v) is 30.9. The molecule has 0 aromatic rings. The highest BCUT2D eigenvalue weighted by Crippen LogP contribution is 2.17. The smallest absolute Gasteiger partial charge is 0.306 e. The topological polar surface area (TPSA) is 78.9 Å². The molecule has 0 aliphatic rings. The number of hydrogen-bond donors (Lipinski definition) is 0. The molecule has 0 saturated carbocycles. The fraction of sp³-hybridized carbons (Fsp3) is 0.773. The van der Waals surface area contributed by atoms with Crippen molar-refractivity contribution in [3.63, 3.8) is 0 Å². The summed E-state index contributed by atoms with van der Waals surface area (Å²) in [5, 5.41) is 0. The Labute approximate surface area is 446 Å². The van der Waals surface area contributed by atoms with Gasteiger partial charge in [0.05, 0.1) is 0 Å². The van der Waals surface area contributed by atoms with Crippen molar-refractivity contribution in [2.24, 2.45) is 0 Å². The van der Waals surface area contributed by atoms with E-state index in [9.17, 15) is 14.4 Å². The molecule has 416 valence electrons. The molecule has 0 amide bonds. The molecule has 0 N–H and O–H groups in total. The van der Waals surface area contributed by atoms with Crippen molar-refractivity contribution in [2.45, 2.75) is 316 Å². The maximum atomic E-state index is 12.8. The Morgan fingerprint density at radius 3 is 0.847 bits per heavy atom. The molecule has 0 radical (unpaired) electrons. The number of hydrogen-bond acceptors (Lipinski definition) is 6. The van der Waals surface area contributed by atoms with E-state index < -0.39 is 6.10 Å². The molecular weight excluding hydrogens is 889 g/mol. The Bertz CT molecular complexity index is 1340. The first-order valence-electron chi connectivity index (χ1n) is 30.9. The second-order valence-corrected chi connectivity index (χ2v) is 20.6. The van der Waals surface area contributed by atoms with Gasteiger partial charge in [-0.2, -0.15) is 0 Å². The Balaban J connectivity index is 4.11. The largest absolute Gasteiger partial charge is 0.462 e. The van der Waals surface area contributed by atoms with Gasteiger partial charge in [-0.3, -0.25) is 14.4 Å². The molecule has 0 aromatic carbocycles. The number of rotatable bonds is 56. The third-order valence-electron chi connectivity index (χ3n) is 13.5. The number of ether oxygens (including phenoxy) is 3. The van der Waals surface area contributed by atoms with Crippen molar-refractivity contribution in [1.29, 1.82) is 0 Å². The van der Waals surface area contributed by atoms with Gasteiger partial charge < -0.3 is 14.2 Å². The summed E-state index contributed by atoms with van der Waals surface area (Å²) in [5.74, 6) is -0.880. The fourth-order valence-electron chi connectivity index (χ4n) is 8.86. The Morgan fingerprint density at radius 1 is 0.292 bits per heavy atom. The molecule has 0 rings (SSSR count). The zero-order valence-corrected chi connectivity index (χ0v) is 47.7. The van der Waals surface area contributed by atoms with Gasteiger partial charge >= 0.3 is 17.9 Å². The van der Waals surface area contributed by atoms with E-state index in [1.807, 2.05) is 0 Å². The fourth-order valence-corrected chi connectivity index (χ4v) is 8.86. The lowest BCUT2D eigenvalue weighted by Crippen LogP contribution is -2.30. The average Bonchev–Trinajstić information content (AvgIpc) is 3.38. The average molecular weight is 1010 g/mol. The molecule has 72 heavy (non-hydrogen) atoms. The quantitative estimate of drug-likeness (QED) is 0.0261. The Kier molecular flexibility index (Phi) is 57.8. The summed E-state index contributed by atoms with van der Waals surface area (Å²) < 4.78 is 16.8. The van der Waals surface area contributed by atoms with Crippen molar-refractivity contribution in [3.8, 4) is 0 Å². The highest BCUT2D eigenvalue weighted by atomic mass is 16.6. The van der Waals surface area contributed by atoms with Gasteiger partial charge in [-0.1, -0.05) is 293 Å². The van der Waals surface area contributed by atoms with Crippen LogP contribution >= 0.6 is 0 Å². The van der Waals surface area contributed by atoms with Gasteiger partial charge in [0.1, 0.15) is 13.2 Å². The van der Waals surface area contributed by atoms with Crippen LogP contribution in [0.4, 0.5) is 0 Å². The minimum Gasteiger partial charge on any atom is -0.462 e. The Hall–Kier alpha value is -3.15. The molecule has 1 atom stereocenters. The van der Waals surface area contributed by atoms with Crippen LogP contribution in [0.3, 0.4) is 0 Å². The summed E-state index contributed by atoms with van der Waals surface area (Å²) in [5.41, 5.74) is 0. The monoisotopic (exact) mass is 1000 g/mol. The molecule has 6 nitrogen and oxygen atoms in total. The van der Waals surface area contributed by atoms with Crippen LogP contribution < -0.4 is 0 Å². The Morgan fingerprint density at radius 2 is 0.542 bits per heavy atom. The molecule has 0 spiro atoms. The minimum absolute atomic E-state index is 0.0750. The third-order valence-corrected chi connectivity index (χ3v) is 13.5. The van der Waals surface area contributed by atoms with Gasteiger partial charge in [0.25, 0.3) is 0 Å². The van der Waals surface area contributed by atoms with E-state index in [2.05, 4.69) is 93.7 Å². The highest BCUT2D eigenvalue weighted by molar-refractivity contribution is 5.71. The normalized spacial score (nSPS) is 12.5. The second-order valence-electron chi connectivity index (χ2n) is 20.6. The minimum atomic E-state index is -0.774. The predicted molar refractivity (Wildman–Crippen MR) is 311 cm³/mol. The van der Waals surface area contributed by atoms with E-state index in [1.54, 1.807) is 0 Å². The number of unbranched alkanes of at least 4 members (excludes halogenated alkanes) is 33. The van der Waals surface area contributed by atoms with Gasteiger partial charge in [-0.15, -0.1) is 0 Å². The lowest BCUT2D eigenvalue weighted by atomic mass is 10.0. The van der Waals surface area contributed by atoms with Crippen molar-refractivity contribution in [1.82, 2.24) is 0 Å². The molecule has 0 aromatic heterocycles. The summed E-state index contributed by atoms with van der Waals surface area (Å²) in [4.78, 5) is 38.0. The lowest BCUT2D eigenvalue weighted by Gasteiger charge is -2.18. The van der Waals surface area contributed by atoms with Crippen LogP contribution in [-0.2, 0) is 28.6 Å². The number of esters is 3. The maximum absolute atomic E-state index is 12.8. The standard InChI is InChI=1S/C66H116O6/c1-4-7-10-13-16-18-20-22-24-26-28-30-31-32-33-34-35-37-38-40-42-44-46-48-50-53-56-59-65(68)71-62-63(61-70-64(67)58-55-52-15-12-9-6-3)72-66(69)60-57-54-51-49-47-45-43-41-39-36-29-27-25-23-21-19-17-14-11-8-5-2/h7,10,16,18,22,24,28,30,32-33,35,37,63H,4-6,8-9,11-15,17,19-21,23,25-27,29,31,34,36,38-62H2,1-3H3/b10-7-,18-16-,24-22-,30-28-,33-32-,37-35-. The highest BCUT2D eigenvalue weighted by Gasteiger charge is 2.19. The van der Waals surface area contributed by atoms with Crippen molar-refractivity contribution < 1.29 is 28.6 Å². The van der Waals surface area contributed by atoms with Crippen molar-refractivity contribution in [2.75, 3.05) is 13.2 Å². The van der Waals surface area contributed by atoms with Gasteiger partial charge in [-0.05, 0) is 70.6 Å².